The topological polar surface area (TPSA) is 28.2 Å². The van der Waals surface area contributed by atoms with Crippen molar-refractivity contribution in [2.24, 2.45) is 0 Å². The fourth-order valence-corrected chi connectivity index (χ4v) is 1.33. The van der Waals surface area contributed by atoms with Crippen LogP contribution in [-0.2, 0) is 0 Å². The first-order valence-electron chi connectivity index (χ1n) is 5.42. The average molecular weight is 207 g/mol. The normalized spacial score (nSPS) is 12.9. The highest BCUT2D eigenvalue weighted by atomic mass is 15.1. The second-order valence-electron chi connectivity index (χ2n) is 4.36. The van der Waals surface area contributed by atoms with E-state index in [4.69, 9.17) is 0 Å². The van der Waals surface area contributed by atoms with Crippen LogP contribution in [0.15, 0.2) is 18.3 Å². The van der Waals surface area contributed by atoms with E-state index in [2.05, 4.69) is 42.3 Å². The van der Waals surface area contributed by atoms with Gasteiger partial charge in [0, 0.05) is 12.2 Å². The van der Waals surface area contributed by atoms with E-state index in [1.54, 1.807) is 0 Å². The fourth-order valence-electron chi connectivity index (χ4n) is 1.33. The van der Waals surface area contributed by atoms with Gasteiger partial charge in [-0.3, -0.25) is 0 Å². The first-order valence-corrected chi connectivity index (χ1v) is 5.42. The van der Waals surface area contributed by atoms with E-state index in [1.807, 2.05) is 19.2 Å². The van der Waals surface area contributed by atoms with Crippen LogP contribution in [0.2, 0.25) is 0 Å². The minimum Gasteiger partial charge on any atom is -0.368 e. The summed E-state index contributed by atoms with van der Waals surface area (Å²) in [5, 5.41) is 3.39. The molecule has 1 unspecified atom stereocenters. The summed E-state index contributed by atoms with van der Waals surface area (Å²) in [6, 6.07) is 4.57. The molecule has 1 aromatic heterocycles. The standard InChI is InChI=1S/C12H21N3/c1-10-5-6-12(13-9-10)14-11(2)7-8-15(3)4/h5-6,9,11H,7-8H2,1-4H3,(H,13,14). The van der Waals surface area contributed by atoms with Crippen LogP contribution < -0.4 is 5.32 Å². The maximum atomic E-state index is 4.32. The number of hydrogen-bond donors (Lipinski definition) is 1. The Kier molecular flexibility index (Phi) is 4.56. The molecule has 3 heteroatoms. The third-order valence-electron chi connectivity index (χ3n) is 2.31. The van der Waals surface area contributed by atoms with E-state index in [1.165, 1.54) is 5.56 Å². The van der Waals surface area contributed by atoms with Crippen LogP contribution >= 0.6 is 0 Å². The fraction of sp³-hybridized carbons (Fsp3) is 0.583. The highest BCUT2D eigenvalue weighted by Gasteiger charge is 2.02. The number of nitrogens with one attached hydrogen (secondary N) is 1. The quantitative estimate of drug-likeness (QED) is 0.802. The molecule has 1 atom stereocenters. The second kappa shape index (κ2) is 5.71. The van der Waals surface area contributed by atoms with Crippen molar-refractivity contribution in [1.82, 2.24) is 9.88 Å². The highest BCUT2D eigenvalue weighted by Crippen LogP contribution is 2.07. The van der Waals surface area contributed by atoms with Gasteiger partial charge in [0.25, 0.3) is 0 Å². The largest absolute Gasteiger partial charge is 0.368 e. The Bertz CT molecular complexity index is 279. The molecule has 0 amide bonds. The van der Waals surface area contributed by atoms with Crippen LogP contribution in [0.4, 0.5) is 5.82 Å². The van der Waals surface area contributed by atoms with Gasteiger partial charge in [-0.25, -0.2) is 4.98 Å². The van der Waals surface area contributed by atoms with Gasteiger partial charge in [0.2, 0.25) is 0 Å². The van der Waals surface area contributed by atoms with Crippen LogP contribution in [0.1, 0.15) is 18.9 Å². The predicted molar refractivity (Wildman–Crippen MR) is 65.2 cm³/mol. The molecular weight excluding hydrogens is 186 g/mol. The van der Waals surface area contributed by atoms with Crippen molar-refractivity contribution < 1.29 is 0 Å². The molecular formula is C12H21N3. The molecule has 1 rings (SSSR count). The molecule has 3 nitrogen and oxygen atoms in total. The summed E-state index contributed by atoms with van der Waals surface area (Å²) in [6.07, 6.45) is 3.02. The molecule has 0 aromatic carbocycles. The van der Waals surface area contributed by atoms with Crippen LogP contribution in [-0.4, -0.2) is 36.6 Å². The van der Waals surface area contributed by atoms with E-state index >= 15 is 0 Å². The van der Waals surface area contributed by atoms with Crippen LogP contribution in [0.25, 0.3) is 0 Å². The first-order chi connectivity index (χ1) is 7.08. The molecule has 0 aliphatic carbocycles. The Morgan fingerprint density at radius 3 is 2.67 bits per heavy atom. The van der Waals surface area contributed by atoms with Crippen molar-refractivity contribution >= 4 is 5.82 Å². The van der Waals surface area contributed by atoms with Crippen molar-refractivity contribution in [2.75, 3.05) is 26.0 Å². The van der Waals surface area contributed by atoms with Crippen molar-refractivity contribution in [1.29, 1.82) is 0 Å². The molecule has 0 bridgehead atoms. The molecule has 0 spiro atoms. The van der Waals surface area contributed by atoms with Gasteiger partial charge in [-0.1, -0.05) is 6.07 Å². The van der Waals surface area contributed by atoms with E-state index in [9.17, 15) is 0 Å². The van der Waals surface area contributed by atoms with E-state index in [0.717, 1.165) is 18.8 Å². The number of hydrogen-bond acceptors (Lipinski definition) is 3. The van der Waals surface area contributed by atoms with Gasteiger partial charge in [0.05, 0.1) is 0 Å². The van der Waals surface area contributed by atoms with Gasteiger partial charge in [-0.05, 0) is 52.5 Å². The minimum absolute atomic E-state index is 0.461. The Balaban J connectivity index is 2.37. The molecule has 1 heterocycles. The maximum Gasteiger partial charge on any atom is 0.126 e. The lowest BCUT2D eigenvalue weighted by molar-refractivity contribution is 0.390. The molecule has 15 heavy (non-hydrogen) atoms. The van der Waals surface area contributed by atoms with Crippen molar-refractivity contribution in [2.45, 2.75) is 26.3 Å². The average Bonchev–Trinajstić information content (AvgIpc) is 2.19. The summed E-state index contributed by atoms with van der Waals surface area (Å²) in [4.78, 5) is 6.52. The van der Waals surface area contributed by atoms with E-state index in [0.29, 0.717) is 6.04 Å². The smallest absolute Gasteiger partial charge is 0.126 e. The highest BCUT2D eigenvalue weighted by molar-refractivity contribution is 5.36. The van der Waals surface area contributed by atoms with Gasteiger partial charge in [-0.2, -0.15) is 0 Å². The predicted octanol–water partition coefficient (Wildman–Crippen LogP) is 2.14. The number of aromatic nitrogens is 1. The molecule has 1 N–H and O–H groups in total. The molecule has 0 saturated carbocycles. The van der Waals surface area contributed by atoms with Crippen LogP contribution in [0.5, 0.6) is 0 Å². The van der Waals surface area contributed by atoms with Gasteiger partial charge in [0.1, 0.15) is 5.82 Å². The van der Waals surface area contributed by atoms with Gasteiger partial charge in [0.15, 0.2) is 0 Å². The SMILES string of the molecule is Cc1ccc(NC(C)CCN(C)C)nc1. The summed E-state index contributed by atoms with van der Waals surface area (Å²) in [7, 11) is 4.19. The molecule has 0 saturated heterocycles. The number of rotatable bonds is 5. The zero-order valence-electron chi connectivity index (χ0n) is 10.1. The second-order valence-corrected chi connectivity index (χ2v) is 4.36. The lowest BCUT2D eigenvalue weighted by Crippen LogP contribution is -2.23. The monoisotopic (exact) mass is 207 g/mol. The molecule has 0 aliphatic heterocycles. The molecule has 1 aromatic rings. The molecule has 84 valence electrons. The van der Waals surface area contributed by atoms with E-state index < -0.39 is 0 Å². The van der Waals surface area contributed by atoms with Crippen LogP contribution in [0.3, 0.4) is 0 Å². The maximum absolute atomic E-state index is 4.32. The zero-order chi connectivity index (χ0) is 11.3. The summed E-state index contributed by atoms with van der Waals surface area (Å²) < 4.78 is 0. The minimum atomic E-state index is 0.461. The molecule has 0 fully saturated rings. The van der Waals surface area contributed by atoms with Crippen molar-refractivity contribution in [3.05, 3.63) is 23.9 Å². The van der Waals surface area contributed by atoms with Gasteiger partial charge >= 0.3 is 0 Å². The summed E-state index contributed by atoms with van der Waals surface area (Å²) >= 11 is 0. The van der Waals surface area contributed by atoms with Crippen LogP contribution in [0, 0.1) is 6.92 Å². The van der Waals surface area contributed by atoms with Crippen molar-refractivity contribution in [3.63, 3.8) is 0 Å². The number of pyridine rings is 1. The third-order valence-corrected chi connectivity index (χ3v) is 2.31. The third kappa shape index (κ3) is 4.79. The van der Waals surface area contributed by atoms with Crippen molar-refractivity contribution in [3.8, 4) is 0 Å². The summed E-state index contributed by atoms with van der Waals surface area (Å²) in [6.45, 7) is 5.33. The molecule has 0 radical (unpaired) electrons. The molecule has 0 aliphatic rings. The number of aryl methyl sites for hydroxylation is 1. The Morgan fingerprint density at radius 2 is 2.13 bits per heavy atom. The van der Waals surface area contributed by atoms with Gasteiger partial charge < -0.3 is 10.2 Å². The Hall–Kier alpha value is -1.09. The zero-order valence-corrected chi connectivity index (χ0v) is 10.1. The van der Waals surface area contributed by atoms with Gasteiger partial charge in [-0.15, -0.1) is 0 Å². The Morgan fingerprint density at radius 1 is 1.40 bits per heavy atom. The first kappa shape index (κ1) is 12.0. The Labute approximate surface area is 92.5 Å². The van der Waals surface area contributed by atoms with E-state index in [-0.39, 0.29) is 0 Å². The number of anilines is 1. The lowest BCUT2D eigenvalue weighted by Gasteiger charge is -2.17. The summed E-state index contributed by atoms with van der Waals surface area (Å²) in [5.74, 6) is 0.965. The summed E-state index contributed by atoms with van der Waals surface area (Å²) in [5.41, 5.74) is 1.20. The number of nitrogens with zero attached hydrogens (tertiary/aromatic N) is 2. The lowest BCUT2D eigenvalue weighted by atomic mass is 10.2.